The van der Waals surface area contributed by atoms with E-state index in [4.69, 9.17) is 4.74 Å². The van der Waals surface area contributed by atoms with Crippen molar-refractivity contribution >= 4 is 22.0 Å². The van der Waals surface area contributed by atoms with Crippen molar-refractivity contribution in [2.24, 2.45) is 5.92 Å². The van der Waals surface area contributed by atoms with Gasteiger partial charge in [0.1, 0.15) is 5.60 Å². The first-order valence-corrected chi connectivity index (χ1v) is 7.93. The number of hydrogen-bond acceptors (Lipinski definition) is 4. The van der Waals surface area contributed by atoms with Crippen LogP contribution in [0.1, 0.15) is 45.3 Å². The molecule has 112 valence electrons. The Kier molecular flexibility index (Phi) is 4.67. The van der Waals surface area contributed by atoms with Crippen molar-refractivity contribution < 1.29 is 9.53 Å². The lowest BCUT2D eigenvalue weighted by atomic mass is 9.80. The highest BCUT2D eigenvalue weighted by Gasteiger charge is 2.31. The zero-order valence-corrected chi connectivity index (χ0v) is 13.7. The molecule has 0 aromatic carbocycles. The molecule has 0 bridgehead atoms. The molecule has 0 unspecified atom stereocenters. The molecule has 1 saturated carbocycles. The lowest BCUT2D eigenvalue weighted by molar-refractivity contribution is 0.0497. The highest BCUT2D eigenvalue weighted by Crippen LogP contribution is 2.36. The van der Waals surface area contributed by atoms with E-state index in [-0.39, 0.29) is 6.09 Å². The SMILES string of the molecule is CC(C)(C)OC(=O)NCC1CC(n2cc(CBr)nn2)C1. The number of alkyl halides is 1. The van der Waals surface area contributed by atoms with Crippen molar-refractivity contribution in [2.45, 2.75) is 50.6 Å². The summed E-state index contributed by atoms with van der Waals surface area (Å²) in [6.07, 6.45) is 3.65. The number of rotatable bonds is 4. The summed E-state index contributed by atoms with van der Waals surface area (Å²) in [6, 6.07) is 0.403. The quantitative estimate of drug-likeness (QED) is 0.852. The molecule has 0 aliphatic heterocycles. The van der Waals surface area contributed by atoms with Gasteiger partial charge >= 0.3 is 6.09 Å². The van der Waals surface area contributed by atoms with Crippen molar-refractivity contribution in [3.05, 3.63) is 11.9 Å². The van der Waals surface area contributed by atoms with Gasteiger partial charge in [0, 0.05) is 18.1 Å². The third kappa shape index (κ3) is 4.19. The van der Waals surface area contributed by atoms with Crippen LogP contribution in [0.4, 0.5) is 4.79 Å². The predicted octanol–water partition coefficient (Wildman–Crippen LogP) is 2.65. The summed E-state index contributed by atoms with van der Waals surface area (Å²) in [7, 11) is 0. The number of nitrogens with one attached hydrogen (secondary N) is 1. The molecular formula is C13H21BrN4O2. The Bertz CT molecular complexity index is 463. The molecule has 7 heteroatoms. The van der Waals surface area contributed by atoms with Gasteiger partial charge in [-0.05, 0) is 39.5 Å². The minimum atomic E-state index is -0.445. The molecule has 0 radical (unpaired) electrons. The van der Waals surface area contributed by atoms with Crippen LogP contribution in [0.15, 0.2) is 6.20 Å². The lowest BCUT2D eigenvalue weighted by Gasteiger charge is -2.35. The topological polar surface area (TPSA) is 69.0 Å². The maximum Gasteiger partial charge on any atom is 0.407 e. The zero-order valence-electron chi connectivity index (χ0n) is 12.1. The lowest BCUT2D eigenvalue weighted by Crippen LogP contribution is -2.39. The van der Waals surface area contributed by atoms with Crippen LogP contribution in [0.3, 0.4) is 0 Å². The van der Waals surface area contributed by atoms with Crippen molar-refractivity contribution in [3.8, 4) is 0 Å². The molecule has 0 spiro atoms. The van der Waals surface area contributed by atoms with Crippen LogP contribution in [0.2, 0.25) is 0 Å². The fraction of sp³-hybridized carbons (Fsp3) is 0.769. The van der Waals surface area contributed by atoms with Crippen LogP contribution < -0.4 is 5.32 Å². The third-order valence-corrected chi connectivity index (χ3v) is 3.79. The van der Waals surface area contributed by atoms with Crippen molar-refractivity contribution in [1.29, 1.82) is 0 Å². The third-order valence-electron chi connectivity index (χ3n) is 3.21. The standard InChI is InChI=1S/C13H21BrN4O2/c1-13(2,3)20-12(19)15-7-9-4-11(5-9)18-8-10(6-14)16-17-18/h8-9,11H,4-7H2,1-3H3,(H,15,19). The van der Waals surface area contributed by atoms with Crippen LogP contribution in [-0.2, 0) is 10.1 Å². The van der Waals surface area contributed by atoms with Crippen LogP contribution in [-0.4, -0.2) is 33.2 Å². The Morgan fingerprint density at radius 2 is 2.25 bits per heavy atom. The van der Waals surface area contributed by atoms with E-state index in [9.17, 15) is 4.79 Å². The maximum absolute atomic E-state index is 11.5. The van der Waals surface area contributed by atoms with Crippen molar-refractivity contribution in [1.82, 2.24) is 20.3 Å². The minimum absolute atomic E-state index is 0.344. The average Bonchev–Trinajstić information content (AvgIpc) is 2.72. The second-order valence-corrected chi connectivity index (χ2v) is 6.76. The summed E-state index contributed by atoms with van der Waals surface area (Å²) in [4.78, 5) is 11.5. The van der Waals surface area contributed by atoms with Gasteiger partial charge in [-0.1, -0.05) is 21.1 Å². The van der Waals surface area contributed by atoms with Crippen molar-refractivity contribution in [3.63, 3.8) is 0 Å². The number of hydrogen-bond donors (Lipinski definition) is 1. The van der Waals surface area contributed by atoms with Gasteiger partial charge in [-0.15, -0.1) is 5.10 Å². The van der Waals surface area contributed by atoms with Gasteiger partial charge in [-0.3, -0.25) is 0 Å². The fourth-order valence-corrected chi connectivity index (χ4v) is 2.44. The van der Waals surface area contributed by atoms with Gasteiger partial charge in [0.25, 0.3) is 0 Å². The molecule has 1 N–H and O–H groups in total. The van der Waals surface area contributed by atoms with E-state index in [1.807, 2.05) is 31.6 Å². The Balaban J connectivity index is 1.68. The van der Waals surface area contributed by atoms with E-state index in [1.54, 1.807) is 0 Å². The smallest absolute Gasteiger partial charge is 0.407 e. The largest absolute Gasteiger partial charge is 0.444 e. The molecule has 1 aliphatic carbocycles. The number of carbonyl (C=O) groups excluding carboxylic acids is 1. The van der Waals surface area contributed by atoms with E-state index in [1.165, 1.54) is 0 Å². The summed E-state index contributed by atoms with van der Waals surface area (Å²) in [6.45, 7) is 6.24. The molecule has 1 aromatic heterocycles. The molecule has 1 aliphatic rings. The summed E-state index contributed by atoms with van der Waals surface area (Å²) in [5, 5.41) is 11.7. The van der Waals surface area contributed by atoms with Crippen LogP contribution in [0.25, 0.3) is 0 Å². The zero-order chi connectivity index (χ0) is 14.8. The minimum Gasteiger partial charge on any atom is -0.444 e. The van der Waals surface area contributed by atoms with Gasteiger partial charge in [0.2, 0.25) is 0 Å². The predicted molar refractivity (Wildman–Crippen MR) is 78.7 cm³/mol. The van der Waals surface area contributed by atoms with E-state index in [0.29, 0.717) is 18.5 Å². The van der Waals surface area contributed by atoms with E-state index >= 15 is 0 Å². The Morgan fingerprint density at radius 1 is 1.55 bits per heavy atom. The number of alkyl carbamates (subject to hydrolysis) is 1. The van der Waals surface area contributed by atoms with Gasteiger partial charge in [-0.25, -0.2) is 9.48 Å². The van der Waals surface area contributed by atoms with Crippen LogP contribution in [0.5, 0.6) is 0 Å². The molecule has 0 atom stereocenters. The van der Waals surface area contributed by atoms with Crippen LogP contribution in [0, 0.1) is 5.92 Å². The molecule has 1 amide bonds. The Labute approximate surface area is 127 Å². The van der Waals surface area contributed by atoms with E-state index < -0.39 is 5.60 Å². The van der Waals surface area contributed by atoms with E-state index in [0.717, 1.165) is 23.9 Å². The summed E-state index contributed by atoms with van der Waals surface area (Å²) >= 11 is 3.36. The molecule has 6 nitrogen and oxygen atoms in total. The maximum atomic E-state index is 11.5. The Morgan fingerprint density at radius 3 is 2.80 bits per heavy atom. The molecule has 2 rings (SSSR count). The summed E-state index contributed by atoms with van der Waals surface area (Å²) in [5.41, 5.74) is 0.499. The molecule has 1 heterocycles. The molecule has 1 fully saturated rings. The number of carbonyl (C=O) groups is 1. The highest BCUT2D eigenvalue weighted by atomic mass is 79.9. The second-order valence-electron chi connectivity index (χ2n) is 6.20. The summed E-state index contributed by atoms with van der Waals surface area (Å²) in [5.74, 6) is 0.490. The summed E-state index contributed by atoms with van der Waals surface area (Å²) < 4.78 is 7.12. The second kappa shape index (κ2) is 6.11. The van der Waals surface area contributed by atoms with Gasteiger partial charge in [-0.2, -0.15) is 0 Å². The van der Waals surface area contributed by atoms with E-state index in [2.05, 4.69) is 31.6 Å². The van der Waals surface area contributed by atoms with Crippen molar-refractivity contribution in [2.75, 3.05) is 6.54 Å². The number of nitrogens with zero attached hydrogens (tertiary/aromatic N) is 3. The Hall–Kier alpha value is -1.11. The molecule has 0 saturated heterocycles. The first-order chi connectivity index (χ1) is 9.37. The van der Waals surface area contributed by atoms with Crippen LogP contribution >= 0.6 is 15.9 Å². The first-order valence-electron chi connectivity index (χ1n) is 6.81. The number of amides is 1. The number of aromatic nitrogens is 3. The monoisotopic (exact) mass is 344 g/mol. The normalized spacial score (nSPS) is 22.2. The molecule has 20 heavy (non-hydrogen) atoms. The number of ether oxygens (including phenoxy) is 1. The van der Waals surface area contributed by atoms with Gasteiger partial charge in [0.05, 0.1) is 11.7 Å². The molecule has 1 aromatic rings. The number of halogens is 1. The highest BCUT2D eigenvalue weighted by molar-refractivity contribution is 9.08. The average molecular weight is 345 g/mol. The molecular weight excluding hydrogens is 324 g/mol. The van der Waals surface area contributed by atoms with Gasteiger partial charge in [0.15, 0.2) is 0 Å². The van der Waals surface area contributed by atoms with Gasteiger partial charge < -0.3 is 10.1 Å². The fourth-order valence-electron chi connectivity index (χ4n) is 2.18. The first kappa shape index (κ1) is 15.3.